The highest BCUT2D eigenvalue weighted by atomic mass is 16.5. The molecule has 0 bridgehead atoms. The van der Waals surface area contributed by atoms with Gasteiger partial charge in [-0.3, -0.25) is 9.59 Å². The fourth-order valence-electron chi connectivity index (χ4n) is 3.47. The molecule has 0 spiro atoms. The first-order chi connectivity index (χ1) is 13.5. The summed E-state index contributed by atoms with van der Waals surface area (Å²) in [6.45, 7) is 4.87. The average Bonchev–Trinajstić information content (AvgIpc) is 3.09. The van der Waals surface area contributed by atoms with Crippen LogP contribution in [0.1, 0.15) is 23.1 Å². The Hall–Kier alpha value is -3.02. The fourth-order valence-corrected chi connectivity index (χ4v) is 3.47. The SMILES string of the molecule is COc1cccc(CNC(=O)C2CCN(c3ccc(C)c(C)c3)C2=O)c1OC. The van der Waals surface area contributed by atoms with Crippen LogP contribution in [0.4, 0.5) is 5.69 Å². The Morgan fingerprint density at radius 2 is 1.93 bits per heavy atom. The van der Waals surface area contributed by atoms with Crippen molar-refractivity contribution in [3.05, 3.63) is 53.1 Å². The molecule has 6 heteroatoms. The molecule has 1 heterocycles. The largest absolute Gasteiger partial charge is 0.493 e. The first-order valence-electron chi connectivity index (χ1n) is 9.32. The van der Waals surface area contributed by atoms with Gasteiger partial charge in [-0.15, -0.1) is 0 Å². The van der Waals surface area contributed by atoms with Crippen molar-refractivity contribution in [2.75, 3.05) is 25.7 Å². The van der Waals surface area contributed by atoms with Gasteiger partial charge >= 0.3 is 0 Å². The van der Waals surface area contributed by atoms with Gasteiger partial charge < -0.3 is 19.7 Å². The van der Waals surface area contributed by atoms with E-state index in [-0.39, 0.29) is 18.4 Å². The summed E-state index contributed by atoms with van der Waals surface area (Å²) in [6.07, 6.45) is 0.507. The predicted octanol–water partition coefficient (Wildman–Crippen LogP) is 2.99. The van der Waals surface area contributed by atoms with E-state index in [1.165, 1.54) is 5.56 Å². The van der Waals surface area contributed by atoms with Crippen LogP contribution in [0.15, 0.2) is 36.4 Å². The molecule has 1 unspecified atom stereocenters. The van der Waals surface area contributed by atoms with Crippen LogP contribution in [0.2, 0.25) is 0 Å². The van der Waals surface area contributed by atoms with E-state index in [0.29, 0.717) is 24.5 Å². The van der Waals surface area contributed by atoms with Gasteiger partial charge in [-0.2, -0.15) is 0 Å². The maximum Gasteiger partial charge on any atom is 0.239 e. The number of benzene rings is 2. The normalized spacial score (nSPS) is 16.2. The number of nitrogens with zero attached hydrogens (tertiary/aromatic N) is 1. The van der Waals surface area contributed by atoms with Crippen molar-refractivity contribution in [2.45, 2.75) is 26.8 Å². The van der Waals surface area contributed by atoms with Crippen molar-refractivity contribution in [1.82, 2.24) is 5.32 Å². The molecule has 0 saturated carbocycles. The second-order valence-corrected chi connectivity index (χ2v) is 6.97. The summed E-state index contributed by atoms with van der Waals surface area (Å²) in [7, 11) is 3.13. The number of carbonyl (C=O) groups excluding carboxylic acids is 2. The molecule has 28 heavy (non-hydrogen) atoms. The quantitative estimate of drug-likeness (QED) is 0.780. The Bertz CT molecular complexity index is 894. The van der Waals surface area contributed by atoms with Crippen LogP contribution >= 0.6 is 0 Å². The maximum atomic E-state index is 12.8. The fraction of sp³-hybridized carbons (Fsp3) is 0.364. The molecule has 1 atom stereocenters. The van der Waals surface area contributed by atoms with E-state index >= 15 is 0 Å². The lowest BCUT2D eigenvalue weighted by atomic mass is 10.1. The summed E-state index contributed by atoms with van der Waals surface area (Å²) in [6, 6.07) is 11.4. The molecule has 2 aromatic carbocycles. The Labute approximate surface area is 165 Å². The summed E-state index contributed by atoms with van der Waals surface area (Å²) >= 11 is 0. The van der Waals surface area contributed by atoms with Crippen LogP contribution in [-0.2, 0) is 16.1 Å². The number of aryl methyl sites for hydroxylation is 2. The minimum Gasteiger partial charge on any atom is -0.493 e. The molecule has 1 aliphatic rings. The Morgan fingerprint density at radius 3 is 2.61 bits per heavy atom. The third kappa shape index (κ3) is 3.81. The topological polar surface area (TPSA) is 67.9 Å². The minimum absolute atomic E-state index is 0.154. The van der Waals surface area contributed by atoms with Crippen molar-refractivity contribution in [3.63, 3.8) is 0 Å². The summed E-state index contributed by atoms with van der Waals surface area (Å²) in [4.78, 5) is 27.1. The highest BCUT2D eigenvalue weighted by molar-refractivity contribution is 6.09. The number of hydrogen-bond donors (Lipinski definition) is 1. The van der Waals surface area contributed by atoms with Crippen molar-refractivity contribution in [1.29, 1.82) is 0 Å². The molecular weight excluding hydrogens is 356 g/mol. The highest BCUT2D eigenvalue weighted by Gasteiger charge is 2.37. The van der Waals surface area contributed by atoms with Crippen molar-refractivity contribution in [2.24, 2.45) is 5.92 Å². The van der Waals surface area contributed by atoms with Gasteiger partial charge in [0.25, 0.3) is 0 Å². The average molecular weight is 382 g/mol. The molecule has 1 saturated heterocycles. The Kier molecular flexibility index (Phi) is 5.87. The van der Waals surface area contributed by atoms with E-state index in [1.54, 1.807) is 25.2 Å². The van der Waals surface area contributed by atoms with E-state index < -0.39 is 5.92 Å². The first-order valence-corrected chi connectivity index (χ1v) is 9.32. The van der Waals surface area contributed by atoms with Crippen LogP contribution in [-0.4, -0.2) is 32.6 Å². The van der Waals surface area contributed by atoms with Gasteiger partial charge in [0.15, 0.2) is 11.5 Å². The molecule has 148 valence electrons. The van der Waals surface area contributed by atoms with Gasteiger partial charge in [-0.1, -0.05) is 18.2 Å². The van der Waals surface area contributed by atoms with E-state index in [9.17, 15) is 9.59 Å². The predicted molar refractivity (Wildman–Crippen MR) is 108 cm³/mol. The van der Waals surface area contributed by atoms with E-state index in [2.05, 4.69) is 5.32 Å². The molecule has 1 fully saturated rings. The summed E-state index contributed by atoms with van der Waals surface area (Å²) in [5.74, 6) is 0.102. The second kappa shape index (κ2) is 8.33. The van der Waals surface area contributed by atoms with Crippen LogP contribution in [0, 0.1) is 19.8 Å². The minimum atomic E-state index is -0.668. The van der Waals surface area contributed by atoms with E-state index in [0.717, 1.165) is 16.8 Å². The number of hydrogen-bond acceptors (Lipinski definition) is 4. The van der Waals surface area contributed by atoms with Crippen molar-refractivity contribution < 1.29 is 19.1 Å². The Morgan fingerprint density at radius 1 is 1.14 bits per heavy atom. The number of amides is 2. The van der Waals surface area contributed by atoms with Crippen LogP contribution in [0.5, 0.6) is 11.5 Å². The van der Waals surface area contributed by atoms with E-state index in [4.69, 9.17) is 9.47 Å². The zero-order chi connectivity index (χ0) is 20.3. The molecule has 2 aromatic rings. The molecule has 3 rings (SSSR count). The molecule has 0 radical (unpaired) electrons. The number of rotatable bonds is 6. The van der Waals surface area contributed by atoms with Crippen molar-refractivity contribution >= 4 is 17.5 Å². The lowest BCUT2D eigenvalue weighted by Crippen LogP contribution is -2.36. The third-order valence-electron chi connectivity index (χ3n) is 5.26. The summed E-state index contributed by atoms with van der Waals surface area (Å²) < 4.78 is 10.7. The molecule has 1 N–H and O–H groups in total. The lowest BCUT2D eigenvalue weighted by molar-refractivity contribution is -0.132. The lowest BCUT2D eigenvalue weighted by Gasteiger charge is -2.18. The zero-order valence-electron chi connectivity index (χ0n) is 16.7. The smallest absolute Gasteiger partial charge is 0.239 e. The van der Waals surface area contributed by atoms with Gasteiger partial charge in [0.1, 0.15) is 5.92 Å². The van der Waals surface area contributed by atoms with Gasteiger partial charge in [-0.05, 0) is 49.6 Å². The van der Waals surface area contributed by atoms with Gasteiger partial charge in [-0.25, -0.2) is 0 Å². The number of anilines is 1. The number of methoxy groups -OCH3 is 2. The van der Waals surface area contributed by atoms with Gasteiger partial charge in [0.05, 0.1) is 14.2 Å². The van der Waals surface area contributed by atoms with E-state index in [1.807, 2.05) is 44.2 Å². The first kappa shape index (κ1) is 19.7. The summed E-state index contributed by atoms with van der Waals surface area (Å²) in [5, 5.41) is 2.87. The number of para-hydroxylation sites is 1. The second-order valence-electron chi connectivity index (χ2n) is 6.97. The molecule has 0 aromatic heterocycles. The molecular formula is C22H26N2O4. The number of nitrogens with one attached hydrogen (secondary N) is 1. The van der Waals surface area contributed by atoms with Gasteiger partial charge in [0, 0.05) is 24.3 Å². The number of ether oxygens (including phenoxy) is 2. The molecule has 2 amide bonds. The van der Waals surface area contributed by atoms with Crippen LogP contribution in [0.25, 0.3) is 0 Å². The maximum absolute atomic E-state index is 12.8. The van der Waals surface area contributed by atoms with Gasteiger partial charge in [0.2, 0.25) is 11.8 Å². The molecule has 0 aliphatic carbocycles. The monoisotopic (exact) mass is 382 g/mol. The third-order valence-corrected chi connectivity index (χ3v) is 5.26. The highest BCUT2D eigenvalue weighted by Crippen LogP contribution is 2.31. The standard InChI is InChI=1S/C22H26N2O4/c1-14-8-9-17(12-15(14)2)24-11-10-18(22(24)26)21(25)23-13-16-6-5-7-19(27-3)20(16)28-4/h5-9,12,18H,10-11,13H2,1-4H3,(H,23,25). The summed E-state index contributed by atoms with van der Waals surface area (Å²) in [5.41, 5.74) is 3.95. The van der Waals surface area contributed by atoms with Crippen molar-refractivity contribution in [3.8, 4) is 11.5 Å². The molecule has 6 nitrogen and oxygen atoms in total. The van der Waals surface area contributed by atoms with Crippen LogP contribution in [0.3, 0.4) is 0 Å². The number of carbonyl (C=O) groups is 2. The van der Waals surface area contributed by atoms with Crippen LogP contribution < -0.4 is 19.7 Å². The Balaban J connectivity index is 1.67. The molecule has 1 aliphatic heterocycles. The zero-order valence-corrected chi connectivity index (χ0v) is 16.7.